The summed E-state index contributed by atoms with van der Waals surface area (Å²) < 4.78 is 9.91. The maximum absolute atomic E-state index is 4.37. The van der Waals surface area contributed by atoms with Crippen molar-refractivity contribution in [1.82, 2.24) is 13.7 Å². The fraction of sp³-hybridized carbons (Fsp3) is 0. The third kappa shape index (κ3) is 0.891. The Kier molecular flexibility index (Phi) is 1.33. The fourth-order valence-corrected chi connectivity index (χ4v) is 3.39. The number of hydrogen-bond acceptors (Lipinski definition) is 4. The summed E-state index contributed by atoms with van der Waals surface area (Å²) in [5.74, 6) is 0. The monoisotopic (exact) mass is 231 g/mol. The summed E-state index contributed by atoms with van der Waals surface area (Å²) >= 11 is 3.02. The van der Waals surface area contributed by atoms with E-state index in [-0.39, 0.29) is 0 Å². The molecule has 0 amide bonds. The van der Waals surface area contributed by atoms with E-state index in [4.69, 9.17) is 0 Å². The molecule has 0 spiro atoms. The van der Waals surface area contributed by atoms with Crippen LogP contribution in [0.2, 0.25) is 0 Å². The first-order valence-electron chi connectivity index (χ1n) is 4.53. The third-order valence-electron chi connectivity index (χ3n) is 2.59. The first-order chi connectivity index (χ1) is 7.43. The molecule has 0 bridgehead atoms. The lowest BCUT2D eigenvalue weighted by Gasteiger charge is -1.89. The second-order valence-corrected chi connectivity index (χ2v) is 4.85. The fourth-order valence-electron chi connectivity index (χ4n) is 1.93. The smallest absolute Gasteiger partial charge is 0.115 e. The average Bonchev–Trinajstić information content (AvgIpc) is 2.89. The van der Waals surface area contributed by atoms with Gasteiger partial charge in [0.1, 0.15) is 11.0 Å². The van der Waals surface area contributed by atoms with E-state index in [2.05, 4.69) is 31.2 Å². The molecule has 0 fully saturated rings. The molecule has 15 heavy (non-hydrogen) atoms. The van der Waals surface area contributed by atoms with Crippen LogP contribution in [0.25, 0.3) is 32.2 Å². The molecule has 0 aliphatic heterocycles. The SMILES string of the molecule is c1cc2[nH]c3ccc4nsnc4c3c2s1. The van der Waals surface area contributed by atoms with Gasteiger partial charge in [0.25, 0.3) is 0 Å². The predicted octanol–water partition coefficient (Wildman–Crippen LogP) is 3.39. The molecule has 1 aromatic carbocycles. The summed E-state index contributed by atoms with van der Waals surface area (Å²) in [6.45, 7) is 0. The summed E-state index contributed by atoms with van der Waals surface area (Å²) in [6.07, 6.45) is 0. The van der Waals surface area contributed by atoms with E-state index in [0.717, 1.165) is 16.6 Å². The zero-order chi connectivity index (χ0) is 9.83. The minimum absolute atomic E-state index is 0.988. The molecule has 72 valence electrons. The number of nitrogens with zero attached hydrogens (tertiary/aromatic N) is 2. The summed E-state index contributed by atoms with van der Waals surface area (Å²) in [7, 11) is 0. The van der Waals surface area contributed by atoms with Crippen LogP contribution in [-0.4, -0.2) is 13.7 Å². The number of aromatic nitrogens is 3. The third-order valence-corrected chi connectivity index (χ3v) is 4.06. The van der Waals surface area contributed by atoms with Crippen molar-refractivity contribution >= 4 is 55.2 Å². The van der Waals surface area contributed by atoms with E-state index in [9.17, 15) is 0 Å². The van der Waals surface area contributed by atoms with Gasteiger partial charge in [-0.25, -0.2) is 0 Å². The molecule has 0 saturated heterocycles. The summed E-state index contributed by atoms with van der Waals surface area (Å²) in [5, 5.41) is 3.31. The highest BCUT2D eigenvalue weighted by Gasteiger charge is 2.11. The Hall–Kier alpha value is -1.46. The van der Waals surface area contributed by atoms with Crippen molar-refractivity contribution in [2.75, 3.05) is 0 Å². The summed E-state index contributed by atoms with van der Waals surface area (Å²) in [6, 6.07) is 6.19. The summed E-state index contributed by atoms with van der Waals surface area (Å²) in [4.78, 5) is 3.39. The number of H-pyrrole nitrogens is 1. The number of thiophene rings is 1. The van der Waals surface area contributed by atoms with Gasteiger partial charge in [-0.3, -0.25) is 0 Å². The standard InChI is InChI=1S/C10H5N3S2/c1-2-6-9(13-15-12-6)8-5(1)11-7-3-4-14-10(7)8/h1-4,11H. The first-order valence-corrected chi connectivity index (χ1v) is 6.14. The van der Waals surface area contributed by atoms with E-state index in [1.807, 2.05) is 6.07 Å². The molecule has 4 aromatic rings. The lowest BCUT2D eigenvalue weighted by molar-refractivity contribution is 1.56. The Morgan fingerprint density at radius 3 is 3.07 bits per heavy atom. The number of nitrogens with one attached hydrogen (secondary N) is 1. The molecular weight excluding hydrogens is 226 g/mol. The predicted molar refractivity (Wildman–Crippen MR) is 64.7 cm³/mol. The lowest BCUT2D eigenvalue weighted by atomic mass is 10.2. The Bertz CT molecular complexity index is 777. The van der Waals surface area contributed by atoms with Gasteiger partial charge in [0.05, 0.1) is 21.9 Å². The molecule has 0 aliphatic carbocycles. The van der Waals surface area contributed by atoms with E-state index in [1.165, 1.54) is 27.3 Å². The number of fused-ring (bicyclic) bond motifs is 5. The average molecular weight is 231 g/mol. The largest absolute Gasteiger partial charge is 0.354 e. The molecule has 0 aliphatic rings. The van der Waals surface area contributed by atoms with Crippen LogP contribution >= 0.6 is 23.1 Å². The molecule has 0 atom stereocenters. The normalized spacial score (nSPS) is 12.0. The number of hydrogen-bond donors (Lipinski definition) is 1. The maximum Gasteiger partial charge on any atom is 0.115 e. The van der Waals surface area contributed by atoms with E-state index < -0.39 is 0 Å². The van der Waals surface area contributed by atoms with Gasteiger partial charge in [-0.1, -0.05) is 0 Å². The lowest BCUT2D eigenvalue weighted by Crippen LogP contribution is -1.71. The van der Waals surface area contributed by atoms with Crippen LogP contribution < -0.4 is 0 Å². The molecule has 1 N–H and O–H groups in total. The quantitative estimate of drug-likeness (QED) is 0.504. The molecular formula is C10H5N3S2. The van der Waals surface area contributed by atoms with Gasteiger partial charge in [-0.15, -0.1) is 11.3 Å². The van der Waals surface area contributed by atoms with Crippen molar-refractivity contribution < 1.29 is 0 Å². The highest BCUT2D eigenvalue weighted by atomic mass is 32.1. The van der Waals surface area contributed by atoms with Crippen LogP contribution in [0.3, 0.4) is 0 Å². The summed E-state index contributed by atoms with van der Waals surface area (Å²) in [5.41, 5.74) is 4.35. The zero-order valence-corrected chi connectivity index (χ0v) is 9.15. The van der Waals surface area contributed by atoms with E-state index in [0.29, 0.717) is 0 Å². The number of rotatable bonds is 0. The molecule has 3 nitrogen and oxygen atoms in total. The van der Waals surface area contributed by atoms with Crippen LogP contribution in [0.15, 0.2) is 23.6 Å². The van der Waals surface area contributed by atoms with Crippen molar-refractivity contribution in [3.05, 3.63) is 23.6 Å². The molecule has 0 radical (unpaired) electrons. The Balaban J connectivity index is 2.46. The van der Waals surface area contributed by atoms with Crippen LogP contribution in [-0.2, 0) is 0 Å². The highest BCUT2D eigenvalue weighted by molar-refractivity contribution is 7.18. The van der Waals surface area contributed by atoms with Crippen LogP contribution in [0.1, 0.15) is 0 Å². The number of benzene rings is 1. The Labute approximate surface area is 92.7 Å². The van der Waals surface area contributed by atoms with E-state index in [1.54, 1.807) is 11.3 Å². The molecule has 0 unspecified atom stereocenters. The van der Waals surface area contributed by atoms with Crippen molar-refractivity contribution in [2.45, 2.75) is 0 Å². The number of aromatic amines is 1. The van der Waals surface area contributed by atoms with Crippen molar-refractivity contribution in [3.8, 4) is 0 Å². The van der Waals surface area contributed by atoms with Crippen molar-refractivity contribution in [3.63, 3.8) is 0 Å². The van der Waals surface area contributed by atoms with Gasteiger partial charge in [-0.05, 0) is 23.6 Å². The Morgan fingerprint density at radius 1 is 1.07 bits per heavy atom. The van der Waals surface area contributed by atoms with Crippen LogP contribution in [0.5, 0.6) is 0 Å². The van der Waals surface area contributed by atoms with Crippen LogP contribution in [0.4, 0.5) is 0 Å². The van der Waals surface area contributed by atoms with Crippen LogP contribution in [0, 0.1) is 0 Å². The van der Waals surface area contributed by atoms with Crippen molar-refractivity contribution in [2.24, 2.45) is 0 Å². The van der Waals surface area contributed by atoms with Gasteiger partial charge in [0, 0.05) is 10.9 Å². The minimum atomic E-state index is 0.988. The van der Waals surface area contributed by atoms with Gasteiger partial charge in [-0.2, -0.15) is 8.75 Å². The van der Waals surface area contributed by atoms with E-state index >= 15 is 0 Å². The topological polar surface area (TPSA) is 41.6 Å². The molecule has 3 heterocycles. The van der Waals surface area contributed by atoms with Crippen molar-refractivity contribution in [1.29, 1.82) is 0 Å². The van der Waals surface area contributed by atoms with Gasteiger partial charge < -0.3 is 4.98 Å². The Morgan fingerprint density at radius 2 is 2.07 bits per heavy atom. The second kappa shape index (κ2) is 2.56. The van der Waals surface area contributed by atoms with Gasteiger partial charge in [0.15, 0.2) is 0 Å². The second-order valence-electron chi connectivity index (χ2n) is 3.41. The highest BCUT2D eigenvalue weighted by Crippen LogP contribution is 2.34. The zero-order valence-electron chi connectivity index (χ0n) is 7.52. The molecule has 0 saturated carbocycles. The molecule has 4 rings (SSSR count). The molecule has 5 heteroatoms. The molecule has 3 aromatic heterocycles. The van der Waals surface area contributed by atoms with Gasteiger partial charge in [0.2, 0.25) is 0 Å². The minimum Gasteiger partial charge on any atom is -0.354 e. The van der Waals surface area contributed by atoms with Gasteiger partial charge >= 0.3 is 0 Å². The maximum atomic E-state index is 4.37. The first kappa shape index (κ1) is 7.78.